The molecule has 4 aliphatic rings. The van der Waals surface area contributed by atoms with E-state index < -0.39 is 0 Å². The van der Waals surface area contributed by atoms with Gasteiger partial charge in [0.15, 0.2) is 0 Å². The molecule has 6 nitrogen and oxygen atoms in total. The number of hydrogen-bond acceptors (Lipinski definition) is 5. The van der Waals surface area contributed by atoms with E-state index in [1.807, 2.05) is 14.0 Å². The van der Waals surface area contributed by atoms with Crippen LogP contribution in [0.1, 0.15) is 39.0 Å². The van der Waals surface area contributed by atoms with Gasteiger partial charge in [0.05, 0.1) is 18.2 Å². The lowest BCUT2D eigenvalue weighted by Gasteiger charge is -2.34. The molecule has 3 heterocycles. The molecule has 1 spiro atoms. The number of rotatable bonds is 0. The summed E-state index contributed by atoms with van der Waals surface area (Å²) < 4.78 is 0. The van der Waals surface area contributed by atoms with E-state index in [-0.39, 0.29) is 17.6 Å². The number of carbonyl (C=O) groups excluding carboxylic acids is 1. The van der Waals surface area contributed by atoms with E-state index in [9.17, 15) is 4.79 Å². The third kappa shape index (κ3) is 1.50. The lowest BCUT2D eigenvalue weighted by atomic mass is 9.82. The Morgan fingerprint density at radius 2 is 2.00 bits per heavy atom. The summed E-state index contributed by atoms with van der Waals surface area (Å²) in [5.74, 6) is 1.75. The van der Waals surface area contributed by atoms with E-state index in [2.05, 4.69) is 15.5 Å². The summed E-state index contributed by atoms with van der Waals surface area (Å²) in [7, 11) is 1.82. The van der Waals surface area contributed by atoms with Crippen molar-refractivity contribution < 1.29 is 4.79 Å². The van der Waals surface area contributed by atoms with Crippen molar-refractivity contribution in [2.45, 2.75) is 50.7 Å². The van der Waals surface area contributed by atoms with E-state index in [4.69, 9.17) is 4.99 Å². The van der Waals surface area contributed by atoms with Crippen molar-refractivity contribution >= 4 is 11.9 Å². The molecule has 3 aliphatic heterocycles. The Bertz CT molecular complexity index is 532. The molecule has 1 unspecified atom stereocenters. The molecule has 0 radical (unpaired) electrons. The first-order valence-electron chi connectivity index (χ1n) is 7.52. The Kier molecular flexibility index (Phi) is 2.35. The molecule has 1 saturated carbocycles. The molecule has 0 saturated heterocycles. The quantitative estimate of drug-likeness (QED) is 0.677. The molecular weight excluding hydrogens is 254 g/mol. The fourth-order valence-corrected chi connectivity index (χ4v) is 3.82. The summed E-state index contributed by atoms with van der Waals surface area (Å²) in [5, 5.41) is 6.59. The van der Waals surface area contributed by atoms with Crippen molar-refractivity contribution in [2.75, 3.05) is 13.6 Å². The van der Waals surface area contributed by atoms with Gasteiger partial charge in [-0.15, -0.1) is 0 Å². The molecule has 4 rings (SSSR count). The number of hydrogen-bond donors (Lipinski definition) is 2. The molecular formula is C14H21N5O. The van der Waals surface area contributed by atoms with E-state index in [1.54, 1.807) is 4.90 Å². The number of amides is 1. The van der Waals surface area contributed by atoms with Crippen LogP contribution < -0.4 is 10.6 Å². The van der Waals surface area contributed by atoms with Crippen LogP contribution in [0.2, 0.25) is 0 Å². The van der Waals surface area contributed by atoms with Crippen LogP contribution in [0.4, 0.5) is 0 Å². The zero-order valence-corrected chi connectivity index (χ0v) is 12.1. The largest absolute Gasteiger partial charge is 0.358 e. The molecule has 1 amide bonds. The molecule has 1 atom stereocenters. The monoisotopic (exact) mass is 275 g/mol. The predicted molar refractivity (Wildman–Crippen MR) is 75.5 cm³/mol. The van der Waals surface area contributed by atoms with Crippen LogP contribution in [0, 0.1) is 0 Å². The lowest BCUT2D eigenvalue weighted by Crippen LogP contribution is -2.50. The van der Waals surface area contributed by atoms with E-state index in [0.717, 1.165) is 31.2 Å². The minimum absolute atomic E-state index is 0.0136. The van der Waals surface area contributed by atoms with Gasteiger partial charge in [-0.2, -0.15) is 0 Å². The Morgan fingerprint density at radius 1 is 1.25 bits per heavy atom. The molecule has 0 aromatic carbocycles. The maximum atomic E-state index is 12.4. The van der Waals surface area contributed by atoms with Crippen molar-refractivity contribution in [1.82, 2.24) is 20.4 Å². The van der Waals surface area contributed by atoms with Crippen LogP contribution in [-0.4, -0.2) is 47.0 Å². The fraction of sp³-hybridized carbons (Fsp3) is 0.714. The highest BCUT2D eigenvalue weighted by Gasteiger charge is 2.48. The summed E-state index contributed by atoms with van der Waals surface area (Å²) in [6, 6.07) is 0. The van der Waals surface area contributed by atoms with Gasteiger partial charge in [-0.3, -0.25) is 14.6 Å². The highest BCUT2D eigenvalue weighted by Crippen LogP contribution is 2.39. The Labute approximate surface area is 118 Å². The van der Waals surface area contributed by atoms with Crippen LogP contribution in [0.25, 0.3) is 0 Å². The summed E-state index contributed by atoms with van der Waals surface area (Å²) in [6.45, 7) is 2.93. The first kappa shape index (κ1) is 12.1. The molecule has 1 fully saturated rings. The smallest absolute Gasteiger partial charge is 0.280 e. The minimum atomic E-state index is 0.0136. The first-order valence-corrected chi connectivity index (χ1v) is 7.52. The highest BCUT2D eigenvalue weighted by atomic mass is 16.2. The average molecular weight is 275 g/mol. The van der Waals surface area contributed by atoms with Crippen molar-refractivity contribution in [1.29, 1.82) is 0 Å². The van der Waals surface area contributed by atoms with Gasteiger partial charge in [0.25, 0.3) is 5.91 Å². The van der Waals surface area contributed by atoms with Crippen LogP contribution in [0.5, 0.6) is 0 Å². The van der Waals surface area contributed by atoms with Gasteiger partial charge in [0, 0.05) is 7.05 Å². The van der Waals surface area contributed by atoms with Gasteiger partial charge in [-0.25, -0.2) is 4.99 Å². The second-order valence-corrected chi connectivity index (χ2v) is 6.38. The fourth-order valence-electron chi connectivity index (χ4n) is 3.82. The molecule has 0 bridgehead atoms. The van der Waals surface area contributed by atoms with Crippen molar-refractivity contribution in [3.8, 4) is 0 Å². The molecule has 108 valence electrons. The Balaban J connectivity index is 1.74. The number of guanidine groups is 1. The summed E-state index contributed by atoms with van der Waals surface area (Å²) in [6.07, 6.45) is 6.18. The molecule has 0 aromatic rings. The SMILES string of the molecule is CC1NC2=C(N1)N1CC3(CCCCC3)N=C1N(C)C2=O. The third-order valence-corrected chi connectivity index (χ3v) is 4.85. The van der Waals surface area contributed by atoms with Crippen LogP contribution in [-0.2, 0) is 4.79 Å². The summed E-state index contributed by atoms with van der Waals surface area (Å²) >= 11 is 0. The van der Waals surface area contributed by atoms with Gasteiger partial charge in [0.1, 0.15) is 11.5 Å². The van der Waals surface area contributed by atoms with E-state index >= 15 is 0 Å². The van der Waals surface area contributed by atoms with E-state index in [1.165, 1.54) is 19.3 Å². The number of nitrogens with zero attached hydrogens (tertiary/aromatic N) is 3. The van der Waals surface area contributed by atoms with Crippen molar-refractivity contribution in [2.24, 2.45) is 4.99 Å². The zero-order valence-electron chi connectivity index (χ0n) is 12.1. The maximum Gasteiger partial charge on any atom is 0.280 e. The molecule has 20 heavy (non-hydrogen) atoms. The highest BCUT2D eigenvalue weighted by molar-refractivity contribution is 6.09. The summed E-state index contributed by atoms with van der Waals surface area (Å²) in [5.41, 5.74) is 0.713. The Hall–Kier alpha value is -1.72. The van der Waals surface area contributed by atoms with Gasteiger partial charge < -0.3 is 10.6 Å². The third-order valence-electron chi connectivity index (χ3n) is 4.85. The molecule has 0 aromatic heterocycles. The lowest BCUT2D eigenvalue weighted by molar-refractivity contribution is -0.123. The van der Waals surface area contributed by atoms with Gasteiger partial charge >= 0.3 is 0 Å². The number of nitrogens with one attached hydrogen (secondary N) is 2. The van der Waals surface area contributed by atoms with Crippen molar-refractivity contribution in [3.05, 3.63) is 11.5 Å². The first-order chi connectivity index (χ1) is 9.60. The molecule has 2 N–H and O–H groups in total. The normalized spacial score (nSPS) is 31.0. The average Bonchev–Trinajstić information content (AvgIpc) is 2.99. The number of aliphatic imine (C=N–C) groups is 1. The van der Waals surface area contributed by atoms with Crippen LogP contribution in [0.3, 0.4) is 0 Å². The predicted octanol–water partition coefficient (Wildman–Crippen LogP) is 0.541. The standard InChI is InChI=1S/C14H21N5O/c1-9-15-10-11(16-9)19-8-14(6-4-3-5-7-14)17-13(19)18(2)12(10)20/h9,15-16H,3-8H2,1-2H3. The molecule has 6 heteroatoms. The second kappa shape index (κ2) is 3.90. The second-order valence-electron chi connectivity index (χ2n) is 6.38. The topological polar surface area (TPSA) is 60.0 Å². The van der Waals surface area contributed by atoms with E-state index in [0.29, 0.717) is 5.70 Å². The number of carbonyl (C=O) groups is 1. The number of likely N-dealkylation sites (N-methyl/N-ethyl adjacent to an activating group) is 1. The Morgan fingerprint density at radius 3 is 2.75 bits per heavy atom. The zero-order chi connectivity index (χ0) is 13.9. The molecule has 1 aliphatic carbocycles. The van der Waals surface area contributed by atoms with Gasteiger partial charge in [0.2, 0.25) is 5.96 Å². The summed E-state index contributed by atoms with van der Waals surface area (Å²) in [4.78, 5) is 21.3. The minimum Gasteiger partial charge on any atom is -0.358 e. The van der Waals surface area contributed by atoms with Crippen LogP contribution >= 0.6 is 0 Å². The maximum absolute atomic E-state index is 12.4. The van der Waals surface area contributed by atoms with Crippen molar-refractivity contribution in [3.63, 3.8) is 0 Å². The van der Waals surface area contributed by atoms with Crippen LogP contribution in [0.15, 0.2) is 16.5 Å². The number of fused-ring (bicyclic) bond motifs is 2. The van der Waals surface area contributed by atoms with Gasteiger partial charge in [-0.1, -0.05) is 19.3 Å². The van der Waals surface area contributed by atoms with Gasteiger partial charge in [-0.05, 0) is 19.8 Å².